The van der Waals surface area contributed by atoms with Gasteiger partial charge in [-0.25, -0.2) is 0 Å². The van der Waals surface area contributed by atoms with Crippen LogP contribution in [-0.4, -0.2) is 28.9 Å². The molecule has 0 aliphatic carbocycles. The molecule has 2 nitrogen and oxygen atoms in total. The van der Waals surface area contributed by atoms with E-state index in [1.807, 2.05) is 0 Å². The molecule has 0 fully saturated rings. The average molecular weight is 356 g/mol. The van der Waals surface area contributed by atoms with Crippen molar-refractivity contribution < 1.29 is 9.47 Å². The van der Waals surface area contributed by atoms with Gasteiger partial charge < -0.3 is 9.47 Å². The Labute approximate surface area is 82.9 Å². The summed E-state index contributed by atoms with van der Waals surface area (Å²) in [7, 11) is 1.66. The molecule has 0 aliphatic heterocycles. The van der Waals surface area contributed by atoms with E-state index < -0.39 is 0 Å². The Balaban J connectivity index is 3.09. The highest BCUT2D eigenvalue weighted by Crippen LogP contribution is 1.98. The highest BCUT2D eigenvalue weighted by atomic mass is 127. The number of hydrogen-bond donors (Lipinski definition) is 0. The molecule has 0 unspecified atom stereocenters. The largest absolute Gasteiger partial charge is 0.355 e. The van der Waals surface area contributed by atoms with Gasteiger partial charge in [0.1, 0.15) is 0 Å². The van der Waals surface area contributed by atoms with Gasteiger partial charge in [0.05, 0.1) is 11.0 Å². The SMILES string of the molecule is CO[C@H](CI)OCCI. The van der Waals surface area contributed by atoms with E-state index in [0.29, 0.717) is 0 Å². The van der Waals surface area contributed by atoms with Crippen molar-refractivity contribution in [1.82, 2.24) is 0 Å². The molecule has 0 bridgehead atoms. The second-order valence-corrected chi connectivity index (χ2v) is 3.34. The van der Waals surface area contributed by atoms with Crippen molar-refractivity contribution in [3.05, 3.63) is 0 Å². The summed E-state index contributed by atoms with van der Waals surface area (Å²) < 4.78 is 12.1. The van der Waals surface area contributed by atoms with Gasteiger partial charge in [-0.15, -0.1) is 0 Å². The molecule has 0 spiro atoms. The Morgan fingerprint density at radius 3 is 2.44 bits per heavy atom. The van der Waals surface area contributed by atoms with Gasteiger partial charge in [0.25, 0.3) is 0 Å². The smallest absolute Gasteiger partial charge is 0.166 e. The minimum Gasteiger partial charge on any atom is -0.355 e. The molecular weight excluding hydrogens is 346 g/mol. The van der Waals surface area contributed by atoms with Crippen LogP contribution in [0, 0.1) is 0 Å². The predicted octanol–water partition coefficient (Wildman–Crippen LogP) is 1.85. The summed E-state index contributed by atoms with van der Waals surface area (Å²) in [5, 5.41) is 0. The lowest BCUT2D eigenvalue weighted by Crippen LogP contribution is -2.17. The van der Waals surface area contributed by atoms with Gasteiger partial charge in [-0.05, 0) is 0 Å². The van der Waals surface area contributed by atoms with Gasteiger partial charge in [-0.1, -0.05) is 45.2 Å². The quantitative estimate of drug-likeness (QED) is 0.425. The van der Waals surface area contributed by atoms with Gasteiger partial charge in [0.2, 0.25) is 0 Å². The van der Waals surface area contributed by atoms with Crippen molar-refractivity contribution in [1.29, 1.82) is 0 Å². The van der Waals surface area contributed by atoms with Crippen molar-refractivity contribution in [3.63, 3.8) is 0 Å². The lowest BCUT2D eigenvalue weighted by atomic mass is 10.7. The Hall–Kier alpha value is 1.38. The molecule has 4 heteroatoms. The second kappa shape index (κ2) is 7.49. The monoisotopic (exact) mass is 356 g/mol. The summed E-state index contributed by atoms with van der Waals surface area (Å²) in [4.78, 5) is 0. The van der Waals surface area contributed by atoms with Crippen molar-refractivity contribution in [2.24, 2.45) is 0 Å². The van der Waals surface area contributed by atoms with Crippen LogP contribution in [-0.2, 0) is 9.47 Å². The molecule has 56 valence electrons. The van der Waals surface area contributed by atoms with E-state index in [9.17, 15) is 0 Å². The third-order valence-corrected chi connectivity index (χ3v) is 1.93. The number of ether oxygens (including phenoxy) is 2. The first kappa shape index (κ1) is 10.4. The number of hydrogen-bond acceptors (Lipinski definition) is 2. The Morgan fingerprint density at radius 2 is 2.11 bits per heavy atom. The molecule has 0 heterocycles. The maximum atomic E-state index is 5.25. The number of methoxy groups -OCH3 is 1. The molecule has 1 atom stereocenters. The zero-order valence-corrected chi connectivity index (χ0v) is 9.59. The summed E-state index contributed by atoms with van der Waals surface area (Å²) in [5.41, 5.74) is 0. The highest BCUT2D eigenvalue weighted by Gasteiger charge is 2.01. The molecule has 0 aromatic heterocycles. The number of rotatable bonds is 5. The lowest BCUT2D eigenvalue weighted by molar-refractivity contribution is -0.0995. The average Bonchev–Trinajstić information content (AvgIpc) is 1.91. The van der Waals surface area contributed by atoms with Gasteiger partial charge in [-0.2, -0.15) is 0 Å². The van der Waals surface area contributed by atoms with Crippen molar-refractivity contribution in [3.8, 4) is 0 Å². The van der Waals surface area contributed by atoms with Crippen LogP contribution in [0.15, 0.2) is 0 Å². The van der Waals surface area contributed by atoms with Crippen LogP contribution in [0.1, 0.15) is 0 Å². The zero-order valence-electron chi connectivity index (χ0n) is 5.27. The Kier molecular flexibility index (Phi) is 8.63. The van der Waals surface area contributed by atoms with Gasteiger partial charge in [0, 0.05) is 11.5 Å². The fourth-order valence-electron chi connectivity index (χ4n) is 0.352. The van der Waals surface area contributed by atoms with Crippen molar-refractivity contribution >= 4 is 45.2 Å². The van der Waals surface area contributed by atoms with Gasteiger partial charge in [-0.3, -0.25) is 0 Å². The first-order valence-corrected chi connectivity index (χ1v) is 5.66. The molecule has 0 aromatic carbocycles. The fraction of sp³-hybridized carbons (Fsp3) is 1.00. The molecule has 0 saturated carbocycles. The van der Waals surface area contributed by atoms with Crippen LogP contribution in [0.3, 0.4) is 0 Å². The molecule has 0 radical (unpaired) electrons. The standard InChI is InChI=1S/C5H10I2O2/c1-8-5(4-7)9-3-2-6/h5H,2-4H2,1H3/t5-/m0/s1. The molecule has 0 rings (SSSR count). The molecule has 0 saturated heterocycles. The molecule has 0 N–H and O–H groups in total. The topological polar surface area (TPSA) is 18.5 Å². The van der Waals surface area contributed by atoms with E-state index in [0.717, 1.165) is 15.5 Å². The lowest BCUT2D eigenvalue weighted by Gasteiger charge is -2.11. The van der Waals surface area contributed by atoms with E-state index in [1.165, 1.54) is 0 Å². The predicted molar refractivity (Wildman–Crippen MR) is 54.5 cm³/mol. The van der Waals surface area contributed by atoms with E-state index in [1.54, 1.807) is 7.11 Å². The molecule has 0 aromatic rings. The minimum atomic E-state index is -0.0136. The first-order valence-electron chi connectivity index (χ1n) is 2.61. The van der Waals surface area contributed by atoms with E-state index in [-0.39, 0.29) is 6.29 Å². The van der Waals surface area contributed by atoms with Crippen molar-refractivity contribution in [2.75, 3.05) is 22.6 Å². The van der Waals surface area contributed by atoms with Crippen LogP contribution in [0.2, 0.25) is 0 Å². The third-order valence-electron chi connectivity index (χ3n) is 0.770. The summed E-state index contributed by atoms with van der Waals surface area (Å²) >= 11 is 4.51. The summed E-state index contributed by atoms with van der Waals surface area (Å²) in [6.07, 6.45) is -0.0136. The first-order chi connectivity index (χ1) is 4.35. The maximum Gasteiger partial charge on any atom is 0.166 e. The van der Waals surface area contributed by atoms with Crippen LogP contribution in [0.4, 0.5) is 0 Å². The molecule has 0 aliphatic rings. The summed E-state index contributed by atoms with van der Waals surface area (Å²) in [6, 6.07) is 0. The fourth-order valence-corrected chi connectivity index (χ4v) is 1.22. The maximum absolute atomic E-state index is 5.25. The molecular formula is C5H10I2O2. The molecule has 0 amide bonds. The van der Waals surface area contributed by atoms with E-state index in [2.05, 4.69) is 45.2 Å². The third kappa shape index (κ3) is 5.81. The van der Waals surface area contributed by atoms with E-state index in [4.69, 9.17) is 9.47 Å². The van der Waals surface area contributed by atoms with Gasteiger partial charge in [0.15, 0.2) is 6.29 Å². The van der Waals surface area contributed by atoms with Crippen LogP contribution in [0.25, 0.3) is 0 Å². The minimum absolute atomic E-state index is 0.0136. The Morgan fingerprint density at radius 1 is 1.44 bits per heavy atom. The van der Waals surface area contributed by atoms with E-state index >= 15 is 0 Å². The summed E-state index contributed by atoms with van der Waals surface area (Å²) in [5.74, 6) is 0. The van der Waals surface area contributed by atoms with Crippen molar-refractivity contribution in [2.45, 2.75) is 6.29 Å². The highest BCUT2D eigenvalue weighted by molar-refractivity contribution is 14.1. The summed E-state index contributed by atoms with van der Waals surface area (Å²) in [6.45, 7) is 0.780. The molecule has 9 heavy (non-hydrogen) atoms. The second-order valence-electron chi connectivity index (χ2n) is 1.38. The number of halogens is 2. The van der Waals surface area contributed by atoms with Crippen LogP contribution >= 0.6 is 45.2 Å². The van der Waals surface area contributed by atoms with Crippen LogP contribution in [0.5, 0.6) is 0 Å². The van der Waals surface area contributed by atoms with Gasteiger partial charge >= 0.3 is 0 Å². The Bertz CT molecular complexity index is 56.9. The number of alkyl halides is 2. The normalized spacial score (nSPS) is 13.7. The zero-order chi connectivity index (χ0) is 7.11. The van der Waals surface area contributed by atoms with Crippen LogP contribution < -0.4 is 0 Å².